The minimum Gasteiger partial charge on any atom is -0.493 e. The molecule has 0 bridgehead atoms. The van der Waals surface area contributed by atoms with Crippen LogP contribution in [0.3, 0.4) is 0 Å². The number of piperazine rings is 1. The molecular weight excluding hydrogens is 632 g/mol. The van der Waals surface area contributed by atoms with Gasteiger partial charge in [-0.15, -0.1) is 0 Å². The summed E-state index contributed by atoms with van der Waals surface area (Å²) in [6.45, 7) is 24.5. The van der Waals surface area contributed by atoms with E-state index in [1.807, 2.05) is 32.6 Å². The number of urea groups is 1. The largest absolute Gasteiger partial charge is 0.493 e. The van der Waals surface area contributed by atoms with E-state index < -0.39 is 0 Å². The average molecular weight is 689 g/mol. The number of ether oxygens (including phenoxy) is 1. The first-order valence-corrected chi connectivity index (χ1v) is 18.4. The number of unbranched alkanes of at least 4 members (excludes halogenated alkanes) is 1. The van der Waals surface area contributed by atoms with E-state index in [1.165, 1.54) is 22.9 Å². The molecule has 1 saturated heterocycles. The van der Waals surface area contributed by atoms with Crippen molar-refractivity contribution in [2.24, 2.45) is 0 Å². The quantitative estimate of drug-likeness (QED) is 0.0913. The van der Waals surface area contributed by atoms with Crippen molar-refractivity contribution in [2.45, 2.75) is 122 Å². The molecular formula is C36H57ClN6O3S. The molecule has 3 rings (SSSR count). The number of nitrogens with zero attached hydrogens (tertiary/aromatic N) is 4. The fourth-order valence-corrected chi connectivity index (χ4v) is 6.20. The predicted octanol–water partition coefficient (Wildman–Crippen LogP) is 7.59. The second-order valence-electron chi connectivity index (χ2n) is 14.9. The first-order chi connectivity index (χ1) is 22.0. The summed E-state index contributed by atoms with van der Waals surface area (Å²) in [5, 5.41) is 6.82. The molecule has 1 aliphatic heterocycles. The molecule has 1 aromatic carbocycles. The Balaban J connectivity index is 1.45. The number of rotatable bonds is 14. The minimum absolute atomic E-state index is 0.00360. The SMILES string of the molecule is CCC(C)(C)c1ccc(OCCCCNC(=O)CSc2nc(Cl)cc(N3CCN(C(=O)NC(C)(C)C)C(C)C3)n2)c(C(C)(C)CC)c1. The van der Waals surface area contributed by atoms with Crippen molar-refractivity contribution in [2.75, 3.05) is 43.4 Å². The van der Waals surface area contributed by atoms with Gasteiger partial charge in [-0.2, -0.15) is 0 Å². The summed E-state index contributed by atoms with van der Waals surface area (Å²) in [6.07, 6.45) is 3.76. The second kappa shape index (κ2) is 16.6. The van der Waals surface area contributed by atoms with Crippen LogP contribution >= 0.6 is 23.4 Å². The Bertz CT molecular complexity index is 1360. The Morgan fingerprint density at radius 3 is 2.34 bits per heavy atom. The standard InChI is InChI=1S/C36H57ClN6O3S/c1-11-35(7,8)26-15-16-28(27(21-26)36(9,10)12-2)46-20-14-13-17-38-31(44)24-47-32-39-29(37)22-30(40-32)42-18-19-43(25(3)23-42)33(45)41-34(4,5)6/h15-16,21-22,25H,11-14,17-20,23-24H2,1-10H3,(H,38,44)(H,41,45). The van der Waals surface area contributed by atoms with E-state index in [-0.39, 0.29) is 40.1 Å². The van der Waals surface area contributed by atoms with Crippen LogP contribution in [0.1, 0.15) is 106 Å². The van der Waals surface area contributed by atoms with Crippen molar-refractivity contribution in [3.05, 3.63) is 40.5 Å². The molecule has 3 amide bonds. The molecule has 262 valence electrons. The summed E-state index contributed by atoms with van der Waals surface area (Å²) in [7, 11) is 0. The van der Waals surface area contributed by atoms with Crippen molar-refractivity contribution in [1.82, 2.24) is 25.5 Å². The maximum absolute atomic E-state index is 12.7. The lowest BCUT2D eigenvalue weighted by atomic mass is 9.76. The maximum atomic E-state index is 12.7. The van der Waals surface area contributed by atoms with Crippen LogP contribution in [0.4, 0.5) is 10.6 Å². The van der Waals surface area contributed by atoms with E-state index in [1.54, 1.807) is 6.07 Å². The Labute approximate surface area is 292 Å². The topological polar surface area (TPSA) is 99.7 Å². The van der Waals surface area contributed by atoms with Crippen molar-refractivity contribution < 1.29 is 14.3 Å². The summed E-state index contributed by atoms with van der Waals surface area (Å²) in [4.78, 5) is 38.3. The van der Waals surface area contributed by atoms with E-state index in [2.05, 4.69) is 85.2 Å². The summed E-state index contributed by atoms with van der Waals surface area (Å²) < 4.78 is 6.28. The Morgan fingerprint density at radius 1 is 1.00 bits per heavy atom. The minimum atomic E-state index is -0.296. The number of carbonyl (C=O) groups is 2. The summed E-state index contributed by atoms with van der Waals surface area (Å²) in [5.41, 5.74) is 2.45. The Morgan fingerprint density at radius 2 is 1.70 bits per heavy atom. The van der Waals surface area contributed by atoms with Crippen LogP contribution in [0.2, 0.25) is 5.15 Å². The van der Waals surface area contributed by atoms with Gasteiger partial charge in [-0.25, -0.2) is 14.8 Å². The zero-order chi connectivity index (χ0) is 35.0. The number of amides is 3. The third-order valence-electron chi connectivity index (χ3n) is 9.10. The lowest BCUT2D eigenvalue weighted by Gasteiger charge is -2.41. The van der Waals surface area contributed by atoms with Crippen molar-refractivity contribution in [1.29, 1.82) is 0 Å². The third kappa shape index (κ3) is 11.4. The molecule has 47 heavy (non-hydrogen) atoms. The van der Waals surface area contributed by atoms with Gasteiger partial charge in [-0.3, -0.25) is 4.79 Å². The Hall–Kier alpha value is -2.72. The molecule has 0 spiro atoms. The fraction of sp³-hybridized carbons (Fsp3) is 0.667. The lowest BCUT2D eigenvalue weighted by molar-refractivity contribution is -0.118. The lowest BCUT2D eigenvalue weighted by Crippen LogP contribution is -2.59. The first kappa shape index (κ1) is 38.7. The number of anilines is 1. The van der Waals surface area contributed by atoms with Crippen LogP contribution in [-0.2, 0) is 15.6 Å². The van der Waals surface area contributed by atoms with E-state index in [0.29, 0.717) is 48.9 Å². The molecule has 1 fully saturated rings. The zero-order valence-electron chi connectivity index (χ0n) is 30.3. The Kier molecular flexibility index (Phi) is 13.7. The number of aromatic nitrogens is 2. The zero-order valence-corrected chi connectivity index (χ0v) is 31.8. The van der Waals surface area contributed by atoms with Crippen molar-refractivity contribution >= 4 is 41.1 Å². The van der Waals surface area contributed by atoms with E-state index >= 15 is 0 Å². The fourth-order valence-electron chi connectivity index (χ4n) is 5.29. The van der Waals surface area contributed by atoms with Gasteiger partial charge in [0.05, 0.1) is 12.4 Å². The number of carbonyl (C=O) groups excluding carboxylic acids is 2. The van der Waals surface area contributed by atoms with Gasteiger partial charge in [0.25, 0.3) is 0 Å². The van der Waals surface area contributed by atoms with Crippen LogP contribution in [0.15, 0.2) is 29.4 Å². The normalized spacial score (nSPS) is 15.9. The molecule has 0 aliphatic carbocycles. The first-order valence-electron chi connectivity index (χ1n) is 17.0. The summed E-state index contributed by atoms with van der Waals surface area (Å²) in [6, 6.07) is 8.34. The molecule has 1 atom stereocenters. The number of nitrogens with one attached hydrogen (secondary N) is 2. The molecule has 2 N–H and O–H groups in total. The second-order valence-corrected chi connectivity index (χ2v) is 16.2. The van der Waals surface area contributed by atoms with E-state index in [0.717, 1.165) is 31.4 Å². The summed E-state index contributed by atoms with van der Waals surface area (Å²) >= 11 is 7.61. The van der Waals surface area contributed by atoms with Crippen LogP contribution in [-0.4, -0.2) is 76.9 Å². The van der Waals surface area contributed by atoms with Gasteiger partial charge in [0.2, 0.25) is 5.91 Å². The highest BCUT2D eigenvalue weighted by Gasteiger charge is 2.30. The number of hydrogen-bond donors (Lipinski definition) is 2. The predicted molar refractivity (Wildman–Crippen MR) is 195 cm³/mol. The molecule has 1 unspecified atom stereocenters. The highest BCUT2D eigenvalue weighted by atomic mass is 35.5. The molecule has 9 nitrogen and oxygen atoms in total. The number of halogens is 1. The van der Waals surface area contributed by atoms with Gasteiger partial charge in [0.15, 0.2) is 5.16 Å². The number of thioether (sulfide) groups is 1. The highest BCUT2D eigenvalue weighted by Crippen LogP contribution is 2.38. The van der Waals surface area contributed by atoms with Gasteiger partial charge < -0.3 is 25.2 Å². The highest BCUT2D eigenvalue weighted by molar-refractivity contribution is 7.99. The van der Waals surface area contributed by atoms with Gasteiger partial charge in [0.1, 0.15) is 16.7 Å². The van der Waals surface area contributed by atoms with E-state index in [4.69, 9.17) is 16.3 Å². The van der Waals surface area contributed by atoms with E-state index in [9.17, 15) is 9.59 Å². The summed E-state index contributed by atoms with van der Waals surface area (Å²) in [5.74, 6) is 1.78. The smallest absolute Gasteiger partial charge is 0.318 e. The molecule has 1 aliphatic rings. The molecule has 2 heterocycles. The van der Waals surface area contributed by atoms with Gasteiger partial charge in [-0.05, 0) is 75.8 Å². The van der Waals surface area contributed by atoms with Gasteiger partial charge in [0, 0.05) is 49.4 Å². The monoisotopic (exact) mass is 688 g/mol. The van der Waals surface area contributed by atoms with Gasteiger partial charge in [-0.1, -0.05) is 77.0 Å². The molecule has 0 radical (unpaired) electrons. The van der Waals surface area contributed by atoms with Crippen molar-refractivity contribution in [3.63, 3.8) is 0 Å². The third-order valence-corrected chi connectivity index (χ3v) is 10.1. The van der Waals surface area contributed by atoms with Gasteiger partial charge >= 0.3 is 6.03 Å². The van der Waals surface area contributed by atoms with Crippen LogP contribution in [0.25, 0.3) is 0 Å². The number of benzene rings is 1. The van der Waals surface area contributed by atoms with Crippen molar-refractivity contribution in [3.8, 4) is 5.75 Å². The maximum Gasteiger partial charge on any atom is 0.318 e. The molecule has 11 heteroatoms. The molecule has 0 saturated carbocycles. The van der Waals surface area contributed by atoms with Crippen LogP contribution in [0, 0.1) is 0 Å². The molecule has 2 aromatic rings. The molecule has 1 aromatic heterocycles. The van der Waals surface area contributed by atoms with Crippen LogP contribution < -0.4 is 20.3 Å². The average Bonchev–Trinajstić information content (AvgIpc) is 3.00. The number of hydrogen-bond acceptors (Lipinski definition) is 7. The van der Waals surface area contributed by atoms with Crippen LogP contribution in [0.5, 0.6) is 5.75 Å².